The number of halogens is 3. The van der Waals surface area contributed by atoms with E-state index in [2.05, 4.69) is 15.3 Å². The third-order valence-electron chi connectivity index (χ3n) is 4.28. The Morgan fingerprint density at radius 1 is 1.21 bits per heavy atom. The Balaban J connectivity index is 1.96. The molecule has 3 aromatic rings. The SMILES string of the molecule is Cc1nc(NCc2ccc(C(F)(F)F)cc2)c(-c2nccn2C)cc1S(N)(=O)=O. The van der Waals surface area contributed by atoms with Gasteiger partial charge in [0.2, 0.25) is 10.0 Å². The van der Waals surface area contributed by atoms with Crippen molar-refractivity contribution in [1.29, 1.82) is 0 Å². The van der Waals surface area contributed by atoms with Crippen molar-refractivity contribution >= 4 is 15.8 Å². The van der Waals surface area contributed by atoms with E-state index in [1.807, 2.05) is 0 Å². The summed E-state index contributed by atoms with van der Waals surface area (Å²) in [7, 11) is -2.26. The van der Waals surface area contributed by atoms with Gasteiger partial charge in [-0.05, 0) is 30.7 Å². The molecule has 2 heterocycles. The van der Waals surface area contributed by atoms with E-state index in [4.69, 9.17) is 5.14 Å². The highest BCUT2D eigenvalue weighted by Crippen LogP contribution is 2.31. The third-order valence-corrected chi connectivity index (χ3v) is 5.30. The standard InChI is InChI=1S/C18H18F3N5O2S/c1-11-15(29(22,27)28)9-14(17-23-7-8-26(17)2)16(25-11)24-10-12-3-5-13(6-4-12)18(19,20)21/h3-9H,10H2,1-2H3,(H,24,25)(H2,22,27,28). The molecule has 2 aromatic heterocycles. The molecule has 0 aliphatic heterocycles. The van der Waals surface area contributed by atoms with Crippen molar-refractivity contribution in [1.82, 2.24) is 14.5 Å². The van der Waals surface area contributed by atoms with Gasteiger partial charge in [0, 0.05) is 26.0 Å². The fraction of sp³-hybridized carbons (Fsp3) is 0.222. The lowest BCUT2D eigenvalue weighted by Crippen LogP contribution is -2.16. The molecule has 0 bridgehead atoms. The smallest absolute Gasteiger partial charge is 0.365 e. The molecular formula is C18H18F3N5O2S. The van der Waals surface area contributed by atoms with Crippen LogP contribution < -0.4 is 10.5 Å². The van der Waals surface area contributed by atoms with Gasteiger partial charge in [0.05, 0.1) is 16.8 Å². The number of nitrogens with one attached hydrogen (secondary N) is 1. The average molecular weight is 425 g/mol. The quantitative estimate of drug-likeness (QED) is 0.654. The highest BCUT2D eigenvalue weighted by atomic mass is 32.2. The van der Waals surface area contributed by atoms with Crippen LogP contribution in [0.1, 0.15) is 16.8 Å². The summed E-state index contributed by atoms with van der Waals surface area (Å²) in [5.74, 6) is 0.793. The lowest BCUT2D eigenvalue weighted by atomic mass is 10.1. The molecule has 0 saturated heterocycles. The van der Waals surface area contributed by atoms with Crippen LogP contribution in [0.15, 0.2) is 47.6 Å². The summed E-state index contributed by atoms with van der Waals surface area (Å²) >= 11 is 0. The zero-order chi connectivity index (χ0) is 21.4. The molecular weight excluding hydrogens is 407 g/mol. The summed E-state index contributed by atoms with van der Waals surface area (Å²) in [5.41, 5.74) is 0.458. The van der Waals surface area contributed by atoms with E-state index in [1.165, 1.54) is 25.1 Å². The van der Waals surface area contributed by atoms with Crippen molar-refractivity contribution in [2.45, 2.75) is 24.5 Å². The maximum atomic E-state index is 12.7. The molecule has 7 nitrogen and oxygen atoms in total. The Bertz CT molecular complexity index is 1140. The summed E-state index contributed by atoms with van der Waals surface area (Å²) in [6.45, 7) is 1.68. The fourth-order valence-corrected chi connectivity index (χ4v) is 3.54. The van der Waals surface area contributed by atoms with Gasteiger partial charge >= 0.3 is 6.18 Å². The number of aromatic nitrogens is 3. The maximum Gasteiger partial charge on any atom is 0.416 e. The van der Waals surface area contributed by atoms with Crippen LogP contribution in [0.5, 0.6) is 0 Å². The highest BCUT2D eigenvalue weighted by Gasteiger charge is 2.30. The number of anilines is 1. The monoisotopic (exact) mass is 425 g/mol. The second-order valence-electron chi connectivity index (χ2n) is 6.42. The molecule has 0 saturated carbocycles. The van der Waals surface area contributed by atoms with Crippen molar-refractivity contribution in [3.05, 3.63) is 59.5 Å². The van der Waals surface area contributed by atoms with Crippen LogP contribution in [-0.2, 0) is 29.8 Å². The fourth-order valence-electron chi connectivity index (χ4n) is 2.80. The molecule has 1 aromatic carbocycles. The molecule has 0 amide bonds. The zero-order valence-corrected chi connectivity index (χ0v) is 16.3. The number of nitrogens with zero attached hydrogens (tertiary/aromatic N) is 3. The Morgan fingerprint density at radius 2 is 1.86 bits per heavy atom. The number of nitrogens with two attached hydrogens (primary N) is 1. The van der Waals surface area contributed by atoms with Gasteiger partial charge in [-0.3, -0.25) is 0 Å². The van der Waals surface area contributed by atoms with E-state index in [0.717, 1.165) is 12.1 Å². The summed E-state index contributed by atoms with van der Waals surface area (Å²) in [5, 5.41) is 8.32. The Hall–Kier alpha value is -2.92. The van der Waals surface area contributed by atoms with Gasteiger partial charge in [-0.25, -0.2) is 23.5 Å². The first-order valence-corrected chi connectivity index (χ1v) is 9.93. The number of alkyl halides is 3. The Kier molecular flexibility index (Phi) is 5.37. The van der Waals surface area contributed by atoms with Crippen LogP contribution in [0.4, 0.5) is 19.0 Å². The molecule has 0 aliphatic carbocycles. The molecule has 154 valence electrons. The lowest BCUT2D eigenvalue weighted by Gasteiger charge is -2.15. The van der Waals surface area contributed by atoms with Gasteiger partial charge in [0.15, 0.2) is 0 Å². The van der Waals surface area contributed by atoms with Crippen molar-refractivity contribution in [3.8, 4) is 11.4 Å². The molecule has 0 fully saturated rings. The van der Waals surface area contributed by atoms with Crippen molar-refractivity contribution < 1.29 is 21.6 Å². The largest absolute Gasteiger partial charge is 0.416 e. The molecule has 11 heteroatoms. The van der Waals surface area contributed by atoms with E-state index < -0.39 is 21.8 Å². The van der Waals surface area contributed by atoms with E-state index in [9.17, 15) is 21.6 Å². The molecule has 0 unspecified atom stereocenters. The maximum absolute atomic E-state index is 12.7. The summed E-state index contributed by atoms with van der Waals surface area (Å²) in [6.07, 6.45) is -1.17. The number of primary sulfonamides is 1. The number of aryl methyl sites for hydroxylation is 2. The first-order valence-electron chi connectivity index (χ1n) is 8.39. The van der Waals surface area contributed by atoms with Crippen LogP contribution in [0.25, 0.3) is 11.4 Å². The van der Waals surface area contributed by atoms with Gasteiger partial charge in [0.25, 0.3) is 0 Å². The molecule has 29 heavy (non-hydrogen) atoms. The van der Waals surface area contributed by atoms with E-state index in [0.29, 0.717) is 22.8 Å². The lowest BCUT2D eigenvalue weighted by molar-refractivity contribution is -0.137. The number of benzene rings is 1. The van der Waals surface area contributed by atoms with Gasteiger partial charge in [-0.2, -0.15) is 13.2 Å². The van der Waals surface area contributed by atoms with Crippen LogP contribution >= 0.6 is 0 Å². The summed E-state index contributed by atoms with van der Waals surface area (Å²) < 4.78 is 63.5. The van der Waals surface area contributed by atoms with Crippen LogP contribution in [0.2, 0.25) is 0 Å². The molecule has 3 rings (SSSR count). The summed E-state index contributed by atoms with van der Waals surface area (Å²) in [4.78, 5) is 8.39. The minimum atomic E-state index is -4.40. The van der Waals surface area contributed by atoms with Gasteiger partial charge in [0.1, 0.15) is 16.5 Å². The first-order chi connectivity index (χ1) is 13.5. The van der Waals surface area contributed by atoms with Crippen molar-refractivity contribution in [2.75, 3.05) is 5.32 Å². The average Bonchev–Trinajstić information content (AvgIpc) is 3.04. The first kappa shape index (κ1) is 20.8. The minimum Gasteiger partial charge on any atom is -0.365 e. The van der Waals surface area contributed by atoms with Crippen molar-refractivity contribution in [2.24, 2.45) is 12.2 Å². The van der Waals surface area contributed by atoms with Gasteiger partial charge < -0.3 is 9.88 Å². The highest BCUT2D eigenvalue weighted by molar-refractivity contribution is 7.89. The number of pyridine rings is 1. The number of hydrogen-bond acceptors (Lipinski definition) is 5. The molecule has 0 spiro atoms. The predicted molar refractivity (Wildman–Crippen MR) is 101 cm³/mol. The Labute approximate surface area is 165 Å². The molecule has 3 N–H and O–H groups in total. The van der Waals surface area contributed by atoms with Crippen LogP contribution in [0, 0.1) is 6.92 Å². The van der Waals surface area contributed by atoms with E-state index in [-0.39, 0.29) is 17.1 Å². The zero-order valence-electron chi connectivity index (χ0n) is 15.5. The second-order valence-corrected chi connectivity index (χ2v) is 7.95. The van der Waals surface area contributed by atoms with Gasteiger partial charge in [-0.1, -0.05) is 12.1 Å². The summed E-state index contributed by atoms with van der Waals surface area (Å²) in [6, 6.07) is 6.11. The molecule has 0 radical (unpaired) electrons. The van der Waals surface area contributed by atoms with Crippen LogP contribution in [0.3, 0.4) is 0 Å². The second kappa shape index (κ2) is 7.48. The normalized spacial score (nSPS) is 12.2. The predicted octanol–water partition coefficient (Wildman–Crippen LogP) is 3.07. The Morgan fingerprint density at radius 3 is 2.38 bits per heavy atom. The van der Waals surface area contributed by atoms with Crippen LogP contribution in [-0.4, -0.2) is 23.0 Å². The number of hydrogen-bond donors (Lipinski definition) is 2. The van der Waals surface area contributed by atoms with Crippen molar-refractivity contribution in [3.63, 3.8) is 0 Å². The number of sulfonamides is 1. The topological polar surface area (TPSA) is 103 Å². The molecule has 0 atom stereocenters. The number of rotatable bonds is 5. The van der Waals surface area contributed by atoms with E-state index >= 15 is 0 Å². The number of imidazole rings is 1. The van der Waals surface area contributed by atoms with Gasteiger partial charge in [-0.15, -0.1) is 0 Å². The van der Waals surface area contributed by atoms with E-state index in [1.54, 1.807) is 24.0 Å². The molecule has 0 aliphatic rings. The minimum absolute atomic E-state index is 0.129. The third kappa shape index (κ3) is 4.57.